The molecule has 0 aliphatic carbocycles. The number of aromatic nitrogens is 2. The average Bonchev–Trinajstić information content (AvgIpc) is 2.56. The number of hydrogen-bond acceptors (Lipinski definition) is 4. The van der Waals surface area contributed by atoms with Gasteiger partial charge in [0.1, 0.15) is 12.0 Å². The van der Waals surface area contributed by atoms with Gasteiger partial charge in [0, 0.05) is 17.1 Å². The Morgan fingerprint density at radius 1 is 1.14 bits per heavy atom. The van der Waals surface area contributed by atoms with Gasteiger partial charge >= 0.3 is 0 Å². The van der Waals surface area contributed by atoms with Crippen molar-refractivity contribution in [2.75, 3.05) is 11.9 Å². The predicted molar refractivity (Wildman–Crippen MR) is 85.1 cm³/mol. The van der Waals surface area contributed by atoms with E-state index in [1.807, 2.05) is 49.4 Å². The molecule has 0 atom stereocenters. The molecule has 0 saturated heterocycles. The van der Waals surface area contributed by atoms with E-state index in [0.717, 1.165) is 16.5 Å². The highest BCUT2D eigenvalue weighted by Crippen LogP contribution is 2.23. The zero-order chi connectivity index (χ0) is 15.4. The fourth-order valence-electron chi connectivity index (χ4n) is 2.21. The topological polar surface area (TPSA) is 64.1 Å². The Morgan fingerprint density at radius 2 is 1.95 bits per heavy atom. The third-order valence-corrected chi connectivity index (χ3v) is 3.20. The minimum atomic E-state index is -0.292. The van der Waals surface area contributed by atoms with Crippen LogP contribution in [0.4, 0.5) is 5.69 Å². The van der Waals surface area contributed by atoms with Crippen LogP contribution in [0.15, 0.2) is 54.9 Å². The number of nitrogens with one attached hydrogen (secondary N) is 1. The highest BCUT2D eigenvalue weighted by molar-refractivity contribution is 6.08. The summed E-state index contributed by atoms with van der Waals surface area (Å²) < 4.78 is 5.29. The predicted octanol–water partition coefficient (Wildman–Crippen LogP) is 3.28. The molecule has 1 aromatic heterocycles. The molecule has 3 rings (SSSR count). The summed E-state index contributed by atoms with van der Waals surface area (Å²) in [5, 5.41) is 4.94. The molecule has 5 nitrogen and oxygen atoms in total. The maximum Gasteiger partial charge on any atom is 0.274 e. The Bertz CT molecular complexity index is 812. The molecule has 1 N–H and O–H groups in total. The van der Waals surface area contributed by atoms with Crippen LogP contribution in [0.25, 0.3) is 10.8 Å². The molecule has 2 aromatic carbocycles. The van der Waals surface area contributed by atoms with E-state index in [2.05, 4.69) is 15.3 Å². The maximum atomic E-state index is 12.4. The van der Waals surface area contributed by atoms with Crippen molar-refractivity contribution in [2.45, 2.75) is 6.92 Å². The van der Waals surface area contributed by atoms with Crippen LogP contribution in [0.2, 0.25) is 0 Å². The summed E-state index contributed by atoms with van der Waals surface area (Å²) in [6.07, 6.45) is 1.32. The first-order chi connectivity index (χ1) is 10.8. The first-order valence-corrected chi connectivity index (χ1v) is 7.02. The number of fused-ring (bicyclic) bond motifs is 1. The van der Waals surface area contributed by atoms with Crippen LogP contribution < -0.4 is 10.1 Å². The SMILES string of the molecule is CCOc1cc(C(=O)Nc2cccc3ccccc23)ncn1. The Morgan fingerprint density at radius 3 is 2.82 bits per heavy atom. The van der Waals surface area contributed by atoms with Crippen molar-refractivity contribution in [1.29, 1.82) is 0 Å². The first kappa shape index (κ1) is 14.0. The number of carbonyl (C=O) groups excluding carboxylic acids is 1. The van der Waals surface area contributed by atoms with E-state index in [1.165, 1.54) is 12.4 Å². The number of ether oxygens (including phenoxy) is 1. The van der Waals surface area contributed by atoms with Crippen molar-refractivity contribution in [1.82, 2.24) is 9.97 Å². The van der Waals surface area contributed by atoms with Crippen molar-refractivity contribution >= 4 is 22.4 Å². The quantitative estimate of drug-likeness (QED) is 0.801. The molecule has 5 heteroatoms. The Labute approximate surface area is 128 Å². The number of nitrogens with zero attached hydrogens (tertiary/aromatic N) is 2. The number of hydrogen-bond donors (Lipinski definition) is 1. The summed E-state index contributed by atoms with van der Waals surface area (Å²) in [7, 11) is 0. The molecular formula is C17H15N3O2. The molecule has 0 aliphatic heterocycles. The van der Waals surface area contributed by atoms with Crippen LogP contribution >= 0.6 is 0 Å². The number of amides is 1. The molecule has 22 heavy (non-hydrogen) atoms. The lowest BCUT2D eigenvalue weighted by Crippen LogP contribution is -2.14. The molecule has 0 saturated carbocycles. The van der Waals surface area contributed by atoms with Gasteiger partial charge in [-0.2, -0.15) is 0 Å². The number of anilines is 1. The second-order valence-electron chi connectivity index (χ2n) is 4.66. The summed E-state index contributed by atoms with van der Waals surface area (Å²) in [4.78, 5) is 20.3. The van der Waals surface area contributed by atoms with Crippen LogP contribution in [0.1, 0.15) is 17.4 Å². The second kappa shape index (κ2) is 6.22. The lowest BCUT2D eigenvalue weighted by molar-refractivity contribution is 0.102. The number of carbonyl (C=O) groups is 1. The number of benzene rings is 2. The highest BCUT2D eigenvalue weighted by Gasteiger charge is 2.11. The van der Waals surface area contributed by atoms with Gasteiger partial charge in [0.15, 0.2) is 0 Å². The van der Waals surface area contributed by atoms with Crippen LogP contribution in [0.5, 0.6) is 5.88 Å². The van der Waals surface area contributed by atoms with Crippen LogP contribution in [0.3, 0.4) is 0 Å². The summed E-state index contributed by atoms with van der Waals surface area (Å²) in [5.74, 6) is 0.0975. The lowest BCUT2D eigenvalue weighted by Gasteiger charge is -2.09. The minimum absolute atomic E-state index is 0.270. The molecule has 0 bridgehead atoms. The Hall–Kier alpha value is -2.95. The highest BCUT2D eigenvalue weighted by atomic mass is 16.5. The first-order valence-electron chi connectivity index (χ1n) is 7.02. The van der Waals surface area contributed by atoms with Gasteiger partial charge in [-0.25, -0.2) is 9.97 Å². The van der Waals surface area contributed by atoms with E-state index in [0.29, 0.717) is 12.5 Å². The van der Waals surface area contributed by atoms with Crippen molar-refractivity contribution < 1.29 is 9.53 Å². The van der Waals surface area contributed by atoms with Crippen molar-refractivity contribution in [3.05, 3.63) is 60.6 Å². The van der Waals surface area contributed by atoms with Crippen LogP contribution in [0, 0.1) is 0 Å². The molecule has 0 unspecified atom stereocenters. The molecule has 0 spiro atoms. The van der Waals surface area contributed by atoms with Gasteiger partial charge in [0.2, 0.25) is 5.88 Å². The van der Waals surface area contributed by atoms with Gasteiger partial charge in [-0.3, -0.25) is 4.79 Å². The van der Waals surface area contributed by atoms with Gasteiger partial charge in [-0.05, 0) is 18.4 Å². The van der Waals surface area contributed by atoms with Gasteiger partial charge < -0.3 is 10.1 Å². The van der Waals surface area contributed by atoms with E-state index < -0.39 is 0 Å². The standard InChI is InChI=1S/C17H15N3O2/c1-2-22-16-10-15(18-11-19-16)17(21)20-14-9-5-7-12-6-3-4-8-13(12)14/h3-11H,2H2,1H3,(H,20,21). The van der Waals surface area contributed by atoms with Crippen molar-refractivity contribution in [2.24, 2.45) is 0 Å². The maximum absolute atomic E-state index is 12.4. The summed E-state index contributed by atoms with van der Waals surface area (Å²) in [5.41, 5.74) is 1.02. The Kier molecular flexibility index (Phi) is 3.96. The monoisotopic (exact) mass is 293 g/mol. The van der Waals surface area contributed by atoms with E-state index >= 15 is 0 Å². The van der Waals surface area contributed by atoms with Gasteiger partial charge in [0.05, 0.1) is 6.61 Å². The number of rotatable bonds is 4. The van der Waals surface area contributed by atoms with E-state index in [1.54, 1.807) is 0 Å². The van der Waals surface area contributed by atoms with Crippen molar-refractivity contribution in [3.63, 3.8) is 0 Å². The fourth-order valence-corrected chi connectivity index (χ4v) is 2.21. The van der Waals surface area contributed by atoms with Crippen LogP contribution in [-0.4, -0.2) is 22.5 Å². The minimum Gasteiger partial charge on any atom is -0.478 e. The molecule has 0 aliphatic rings. The molecule has 110 valence electrons. The molecule has 3 aromatic rings. The third-order valence-electron chi connectivity index (χ3n) is 3.20. The molecular weight excluding hydrogens is 278 g/mol. The van der Waals surface area contributed by atoms with Crippen molar-refractivity contribution in [3.8, 4) is 5.88 Å². The molecule has 0 fully saturated rings. The molecule has 1 amide bonds. The molecule has 1 heterocycles. The normalized spacial score (nSPS) is 10.4. The smallest absolute Gasteiger partial charge is 0.274 e. The fraction of sp³-hybridized carbons (Fsp3) is 0.118. The van der Waals surface area contributed by atoms with E-state index in [9.17, 15) is 4.79 Å². The summed E-state index contributed by atoms with van der Waals surface area (Å²) in [6, 6.07) is 15.2. The average molecular weight is 293 g/mol. The summed E-state index contributed by atoms with van der Waals surface area (Å²) in [6.45, 7) is 2.35. The summed E-state index contributed by atoms with van der Waals surface area (Å²) >= 11 is 0. The van der Waals surface area contributed by atoms with Gasteiger partial charge in [-0.1, -0.05) is 36.4 Å². The van der Waals surface area contributed by atoms with Gasteiger partial charge in [0.25, 0.3) is 5.91 Å². The van der Waals surface area contributed by atoms with Crippen LogP contribution in [-0.2, 0) is 0 Å². The lowest BCUT2D eigenvalue weighted by atomic mass is 10.1. The Balaban J connectivity index is 1.88. The molecule has 0 radical (unpaired) electrons. The van der Waals surface area contributed by atoms with Gasteiger partial charge in [-0.15, -0.1) is 0 Å². The largest absolute Gasteiger partial charge is 0.478 e. The zero-order valence-electron chi connectivity index (χ0n) is 12.1. The second-order valence-corrected chi connectivity index (χ2v) is 4.66. The van der Waals surface area contributed by atoms with E-state index in [-0.39, 0.29) is 11.6 Å². The third kappa shape index (κ3) is 2.88. The van der Waals surface area contributed by atoms with E-state index in [4.69, 9.17) is 4.74 Å². The zero-order valence-corrected chi connectivity index (χ0v) is 12.1.